The maximum absolute atomic E-state index is 10.3. The molecule has 0 aliphatic heterocycles. The molecule has 4 nitrogen and oxygen atoms in total. The second kappa shape index (κ2) is 9.18. The van der Waals surface area contributed by atoms with E-state index in [1.807, 2.05) is 39.0 Å². The highest BCUT2D eigenvalue weighted by atomic mass is 28.4. The van der Waals surface area contributed by atoms with Crippen molar-refractivity contribution in [2.24, 2.45) is 0 Å². The van der Waals surface area contributed by atoms with Crippen molar-refractivity contribution in [3.05, 3.63) is 42.0 Å². The fraction of sp³-hybridized carbons (Fsp3) is 0.474. The van der Waals surface area contributed by atoms with E-state index in [0.29, 0.717) is 25.6 Å². The van der Waals surface area contributed by atoms with Crippen LogP contribution in [0.25, 0.3) is 10.8 Å². The summed E-state index contributed by atoms with van der Waals surface area (Å²) in [6, 6.07) is 12.6. The highest BCUT2D eigenvalue weighted by Crippen LogP contribution is 2.29. The maximum Gasteiger partial charge on any atom is 0.500 e. The summed E-state index contributed by atoms with van der Waals surface area (Å²) in [5.41, 5.74) is 0.987. The minimum atomic E-state index is -2.62. The van der Waals surface area contributed by atoms with Crippen molar-refractivity contribution in [2.45, 2.75) is 39.7 Å². The fourth-order valence-corrected chi connectivity index (χ4v) is 5.68. The Hall–Kier alpha value is -1.40. The first-order valence-electron chi connectivity index (χ1n) is 8.77. The van der Waals surface area contributed by atoms with E-state index in [1.54, 1.807) is 6.07 Å². The van der Waals surface area contributed by atoms with Gasteiger partial charge in [-0.2, -0.15) is 0 Å². The van der Waals surface area contributed by atoms with Crippen LogP contribution in [0, 0.1) is 0 Å². The molecule has 0 bridgehead atoms. The first kappa shape index (κ1) is 18.9. The molecule has 0 saturated heterocycles. The first-order valence-corrected chi connectivity index (χ1v) is 10.7. The van der Waals surface area contributed by atoms with Crippen molar-refractivity contribution in [2.75, 3.05) is 19.8 Å². The van der Waals surface area contributed by atoms with Crippen LogP contribution in [-0.4, -0.2) is 33.7 Å². The molecule has 5 heteroatoms. The zero-order valence-electron chi connectivity index (χ0n) is 14.9. The summed E-state index contributed by atoms with van der Waals surface area (Å²) in [6.45, 7) is 7.67. The first-order chi connectivity index (χ1) is 11.7. The lowest BCUT2D eigenvalue weighted by molar-refractivity contribution is 0.0708. The SMILES string of the molecule is CCO[Si](CCCc1c(O)ccc2ccccc12)(OCC)OCC. The predicted molar refractivity (Wildman–Crippen MR) is 99.4 cm³/mol. The number of hydrogen-bond acceptors (Lipinski definition) is 4. The Balaban J connectivity index is 2.13. The normalized spacial score (nSPS) is 12.0. The predicted octanol–water partition coefficient (Wildman–Crippen LogP) is 4.53. The summed E-state index contributed by atoms with van der Waals surface area (Å²) in [7, 11) is -2.62. The lowest BCUT2D eigenvalue weighted by Gasteiger charge is -2.28. The lowest BCUT2D eigenvalue weighted by atomic mass is 10.0. The van der Waals surface area contributed by atoms with Gasteiger partial charge < -0.3 is 18.4 Å². The third kappa shape index (κ3) is 4.57. The Labute approximate surface area is 145 Å². The van der Waals surface area contributed by atoms with Gasteiger partial charge in [0, 0.05) is 31.4 Å². The Bertz CT molecular complexity index is 627. The molecule has 2 rings (SSSR count). The molecule has 0 unspecified atom stereocenters. The van der Waals surface area contributed by atoms with Crippen LogP contribution < -0.4 is 0 Å². The summed E-state index contributed by atoms with van der Waals surface area (Å²) in [5, 5.41) is 12.5. The van der Waals surface area contributed by atoms with Gasteiger partial charge in [0.1, 0.15) is 5.75 Å². The molecule has 132 valence electrons. The van der Waals surface area contributed by atoms with Crippen molar-refractivity contribution < 1.29 is 18.4 Å². The van der Waals surface area contributed by atoms with Crippen molar-refractivity contribution in [3.8, 4) is 5.75 Å². The van der Waals surface area contributed by atoms with Gasteiger partial charge in [-0.15, -0.1) is 0 Å². The van der Waals surface area contributed by atoms with Gasteiger partial charge in [-0.3, -0.25) is 0 Å². The van der Waals surface area contributed by atoms with Gasteiger partial charge in [0.25, 0.3) is 0 Å². The van der Waals surface area contributed by atoms with E-state index >= 15 is 0 Å². The molecule has 0 saturated carbocycles. The third-order valence-electron chi connectivity index (χ3n) is 4.02. The molecule has 24 heavy (non-hydrogen) atoms. The van der Waals surface area contributed by atoms with Crippen LogP contribution in [0.15, 0.2) is 36.4 Å². The second-order valence-electron chi connectivity index (χ2n) is 5.62. The molecule has 0 atom stereocenters. The van der Waals surface area contributed by atoms with E-state index in [9.17, 15) is 5.11 Å². The number of phenolic OH excluding ortho intramolecular Hbond substituents is 1. The van der Waals surface area contributed by atoms with E-state index in [1.165, 1.54) is 0 Å². The molecule has 2 aromatic rings. The third-order valence-corrected chi connectivity index (χ3v) is 7.17. The van der Waals surface area contributed by atoms with E-state index in [-0.39, 0.29) is 0 Å². The number of phenols is 1. The zero-order chi connectivity index (χ0) is 17.4. The monoisotopic (exact) mass is 348 g/mol. The van der Waals surface area contributed by atoms with Crippen LogP contribution >= 0.6 is 0 Å². The average molecular weight is 349 g/mol. The highest BCUT2D eigenvalue weighted by Gasteiger charge is 2.39. The smallest absolute Gasteiger partial charge is 0.500 e. The van der Waals surface area contributed by atoms with E-state index < -0.39 is 8.80 Å². The van der Waals surface area contributed by atoms with Gasteiger partial charge in [-0.25, -0.2) is 0 Å². The Morgan fingerprint density at radius 3 is 2.12 bits per heavy atom. The van der Waals surface area contributed by atoms with Crippen LogP contribution in [0.2, 0.25) is 6.04 Å². The molecule has 0 radical (unpaired) electrons. The largest absolute Gasteiger partial charge is 0.508 e. The average Bonchev–Trinajstić information content (AvgIpc) is 2.58. The van der Waals surface area contributed by atoms with Crippen LogP contribution in [0.3, 0.4) is 0 Å². The Morgan fingerprint density at radius 2 is 1.50 bits per heavy atom. The Kier molecular flexibility index (Phi) is 7.24. The number of aryl methyl sites for hydroxylation is 1. The minimum Gasteiger partial charge on any atom is -0.508 e. The Morgan fingerprint density at radius 1 is 0.875 bits per heavy atom. The van der Waals surface area contributed by atoms with Gasteiger partial charge in [0.2, 0.25) is 0 Å². The molecule has 0 spiro atoms. The van der Waals surface area contributed by atoms with Crippen molar-refractivity contribution in [1.82, 2.24) is 0 Å². The van der Waals surface area contributed by atoms with Crippen LogP contribution in [0.4, 0.5) is 0 Å². The lowest BCUT2D eigenvalue weighted by Crippen LogP contribution is -2.46. The summed E-state index contributed by atoms with van der Waals surface area (Å²) < 4.78 is 17.7. The summed E-state index contributed by atoms with van der Waals surface area (Å²) >= 11 is 0. The van der Waals surface area contributed by atoms with Crippen LogP contribution in [-0.2, 0) is 19.7 Å². The number of aromatic hydroxyl groups is 1. The fourth-order valence-electron chi connectivity index (χ4n) is 3.07. The quantitative estimate of drug-likeness (QED) is 0.641. The van der Waals surface area contributed by atoms with E-state index in [2.05, 4.69) is 12.1 Å². The summed E-state index contributed by atoms with van der Waals surface area (Å²) in [5.74, 6) is 0.352. The molecule has 0 aliphatic rings. The van der Waals surface area contributed by atoms with Crippen LogP contribution in [0.5, 0.6) is 5.75 Å². The van der Waals surface area contributed by atoms with Gasteiger partial charge in [0.15, 0.2) is 0 Å². The zero-order valence-corrected chi connectivity index (χ0v) is 15.9. The molecule has 1 N–H and O–H groups in total. The minimum absolute atomic E-state index is 0.352. The number of hydrogen-bond donors (Lipinski definition) is 1. The number of rotatable bonds is 10. The second-order valence-corrected chi connectivity index (χ2v) is 8.35. The molecule has 0 fully saturated rings. The molecule has 0 heterocycles. The molecule has 0 aromatic heterocycles. The van der Waals surface area contributed by atoms with Crippen molar-refractivity contribution in [1.29, 1.82) is 0 Å². The van der Waals surface area contributed by atoms with E-state index in [4.69, 9.17) is 13.3 Å². The molecular formula is C19H28O4Si. The molecular weight excluding hydrogens is 320 g/mol. The number of fused-ring (bicyclic) bond motifs is 1. The van der Waals surface area contributed by atoms with Gasteiger partial charge in [-0.05, 0) is 50.5 Å². The van der Waals surface area contributed by atoms with E-state index in [0.717, 1.165) is 35.2 Å². The maximum atomic E-state index is 10.3. The van der Waals surface area contributed by atoms with Gasteiger partial charge >= 0.3 is 8.80 Å². The van der Waals surface area contributed by atoms with Crippen molar-refractivity contribution in [3.63, 3.8) is 0 Å². The number of benzene rings is 2. The molecule has 0 aliphatic carbocycles. The highest BCUT2D eigenvalue weighted by molar-refractivity contribution is 6.60. The molecule has 2 aromatic carbocycles. The molecule has 0 amide bonds. The van der Waals surface area contributed by atoms with Crippen molar-refractivity contribution >= 4 is 19.6 Å². The van der Waals surface area contributed by atoms with Gasteiger partial charge in [0.05, 0.1) is 0 Å². The van der Waals surface area contributed by atoms with Crippen LogP contribution in [0.1, 0.15) is 32.8 Å². The standard InChI is InChI=1S/C19H28O4Si/c1-4-21-24(22-5-2,23-6-3)15-9-12-18-17-11-8-7-10-16(17)13-14-19(18)20/h7-8,10-11,13-14,20H,4-6,9,12,15H2,1-3H3. The topological polar surface area (TPSA) is 47.9 Å². The summed E-state index contributed by atoms with van der Waals surface area (Å²) in [6.07, 6.45) is 1.63. The summed E-state index contributed by atoms with van der Waals surface area (Å²) in [4.78, 5) is 0. The van der Waals surface area contributed by atoms with Gasteiger partial charge in [-0.1, -0.05) is 30.3 Å².